The second-order valence-corrected chi connectivity index (χ2v) is 3.87. The van der Waals surface area contributed by atoms with E-state index >= 15 is 0 Å². The number of hydrogen-bond acceptors (Lipinski definition) is 5. The summed E-state index contributed by atoms with van der Waals surface area (Å²) in [4.78, 5) is 21.3. The third-order valence-corrected chi connectivity index (χ3v) is 2.47. The van der Waals surface area contributed by atoms with Crippen molar-refractivity contribution < 1.29 is 23.6 Å². The molecular weight excluding hydrogens is 245 g/mol. The van der Waals surface area contributed by atoms with Gasteiger partial charge >= 0.3 is 11.7 Å². The molecule has 0 amide bonds. The summed E-state index contributed by atoms with van der Waals surface area (Å²) in [5, 5.41) is 10.8. The van der Waals surface area contributed by atoms with E-state index in [0.717, 1.165) is 26.0 Å². The Labute approximate surface area is 101 Å². The second-order valence-electron chi connectivity index (χ2n) is 3.87. The fourth-order valence-electron chi connectivity index (χ4n) is 1.41. The van der Waals surface area contributed by atoms with Crippen molar-refractivity contribution in [2.24, 2.45) is 0 Å². The van der Waals surface area contributed by atoms with Gasteiger partial charge in [-0.25, -0.2) is 9.18 Å². The van der Waals surface area contributed by atoms with Crippen molar-refractivity contribution in [2.45, 2.75) is 18.9 Å². The SMILES string of the molecule is COC(=O)c1cc(OC2CC2)c([N+](=O)[O-])cc1F. The van der Waals surface area contributed by atoms with Crippen molar-refractivity contribution >= 4 is 11.7 Å². The van der Waals surface area contributed by atoms with Crippen molar-refractivity contribution in [1.82, 2.24) is 0 Å². The smallest absolute Gasteiger partial charge is 0.340 e. The zero-order valence-corrected chi connectivity index (χ0v) is 9.51. The number of hydrogen-bond donors (Lipinski definition) is 0. The summed E-state index contributed by atoms with van der Waals surface area (Å²) in [6.07, 6.45) is 1.49. The lowest BCUT2D eigenvalue weighted by molar-refractivity contribution is -0.386. The number of methoxy groups -OCH3 is 1. The zero-order chi connectivity index (χ0) is 13.3. The van der Waals surface area contributed by atoms with E-state index < -0.39 is 22.4 Å². The van der Waals surface area contributed by atoms with Crippen LogP contribution >= 0.6 is 0 Å². The molecule has 0 unspecified atom stereocenters. The molecule has 18 heavy (non-hydrogen) atoms. The van der Waals surface area contributed by atoms with Crippen LogP contribution in [0.3, 0.4) is 0 Å². The van der Waals surface area contributed by atoms with Crippen molar-refractivity contribution in [1.29, 1.82) is 0 Å². The Morgan fingerprint density at radius 1 is 1.50 bits per heavy atom. The number of benzene rings is 1. The summed E-state index contributed by atoms with van der Waals surface area (Å²) in [5.41, 5.74) is -0.870. The molecule has 1 aromatic carbocycles. The number of rotatable bonds is 4. The Hall–Kier alpha value is -2.18. The number of ether oxygens (including phenoxy) is 2. The van der Waals surface area contributed by atoms with Crippen LogP contribution in [0, 0.1) is 15.9 Å². The van der Waals surface area contributed by atoms with Gasteiger partial charge < -0.3 is 9.47 Å². The molecule has 7 heteroatoms. The molecule has 1 aliphatic carbocycles. The summed E-state index contributed by atoms with van der Waals surface area (Å²) in [6.45, 7) is 0. The zero-order valence-electron chi connectivity index (χ0n) is 9.51. The minimum Gasteiger partial charge on any atom is -0.483 e. The first-order valence-corrected chi connectivity index (χ1v) is 5.26. The van der Waals surface area contributed by atoms with E-state index in [1.54, 1.807) is 0 Å². The predicted molar refractivity (Wildman–Crippen MR) is 58.0 cm³/mol. The number of esters is 1. The molecule has 0 spiro atoms. The van der Waals surface area contributed by atoms with E-state index in [2.05, 4.69) is 4.74 Å². The van der Waals surface area contributed by atoms with Crippen LogP contribution in [0.25, 0.3) is 0 Å². The highest BCUT2D eigenvalue weighted by Gasteiger charge is 2.29. The first-order chi connectivity index (χ1) is 8.52. The van der Waals surface area contributed by atoms with Gasteiger partial charge in [0.05, 0.1) is 29.8 Å². The summed E-state index contributed by atoms with van der Waals surface area (Å²) < 4.78 is 23.2. The van der Waals surface area contributed by atoms with Gasteiger partial charge in [-0.05, 0) is 12.8 Å². The first kappa shape index (κ1) is 12.3. The van der Waals surface area contributed by atoms with Crippen LogP contribution in [0.4, 0.5) is 10.1 Å². The van der Waals surface area contributed by atoms with Crippen LogP contribution in [0.2, 0.25) is 0 Å². The molecule has 6 nitrogen and oxygen atoms in total. The Kier molecular flexibility index (Phi) is 3.14. The molecule has 0 bridgehead atoms. The topological polar surface area (TPSA) is 78.7 Å². The van der Waals surface area contributed by atoms with Crippen molar-refractivity contribution in [3.63, 3.8) is 0 Å². The third-order valence-electron chi connectivity index (χ3n) is 2.47. The van der Waals surface area contributed by atoms with Crippen molar-refractivity contribution in [3.05, 3.63) is 33.6 Å². The molecule has 0 aromatic heterocycles. The maximum Gasteiger partial charge on any atom is 0.340 e. The maximum atomic E-state index is 13.5. The van der Waals surface area contributed by atoms with Gasteiger partial charge in [0.2, 0.25) is 0 Å². The maximum absolute atomic E-state index is 13.5. The molecule has 1 aromatic rings. The largest absolute Gasteiger partial charge is 0.483 e. The number of nitro benzene ring substituents is 1. The number of halogens is 1. The van der Waals surface area contributed by atoms with Gasteiger partial charge in [0.1, 0.15) is 5.82 Å². The van der Waals surface area contributed by atoms with Crippen LogP contribution in [0.15, 0.2) is 12.1 Å². The number of carbonyl (C=O) groups is 1. The van der Waals surface area contributed by atoms with Crippen molar-refractivity contribution in [2.75, 3.05) is 7.11 Å². The lowest BCUT2D eigenvalue weighted by Crippen LogP contribution is -2.08. The fourth-order valence-corrected chi connectivity index (χ4v) is 1.41. The van der Waals surface area contributed by atoms with Gasteiger partial charge in [0, 0.05) is 6.07 Å². The van der Waals surface area contributed by atoms with Crippen LogP contribution in [-0.4, -0.2) is 24.1 Å². The molecule has 0 radical (unpaired) electrons. The highest BCUT2D eigenvalue weighted by molar-refractivity contribution is 5.90. The molecule has 1 saturated carbocycles. The first-order valence-electron chi connectivity index (χ1n) is 5.26. The van der Waals surface area contributed by atoms with Gasteiger partial charge in [-0.2, -0.15) is 0 Å². The lowest BCUT2D eigenvalue weighted by Gasteiger charge is -2.08. The number of nitrogens with zero attached hydrogens (tertiary/aromatic N) is 1. The summed E-state index contributed by atoms with van der Waals surface area (Å²) in [5.74, 6) is -2.01. The fraction of sp³-hybridized carbons (Fsp3) is 0.364. The van der Waals surface area contributed by atoms with Crippen LogP contribution in [-0.2, 0) is 4.74 Å². The molecular formula is C11H10FNO5. The monoisotopic (exact) mass is 255 g/mol. The van der Waals surface area contributed by atoms with Gasteiger partial charge in [-0.1, -0.05) is 0 Å². The van der Waals surface area contributed by atoms with Gasteiger partial charge in [-0.15, -0.1) is 0 Å². The summed E-state index contributed by atoms with van der Waals surface area (Å²) >= 11 is 0. The Balaban J connectivity index is 2.44. The van der Waals surface area contributed by atoms with E-state index in [0.29, 0.717) is 6.07 Å². The van der Waals surface area contributed by atoms with Gasteiger partial charge in [-0.3, -0.25) is 10.1 Å². The molecule has 0 aliphatic heterocycles. The molecule has 1 aliphatic rings. The Morgan fingerprint density at radius 3 is 2.67 bits per heavy atom. The molecule has 0 atom stereocenters. The molecule has 2 rings (SSSR count). The minimum atomic E-state index is -1.00. The van der Waals surface area contributed by atoms with Gasteiger partial charge in [0.25, 0.3) is 0 Å². The average Bonchev–Trinajstić information content (AvgIpc) is 3.13. The van der Waals surface area contributed by atoms with E-state index in [1.807, 2.05) is 0 Å². The third kappa shape index (κ3) is 2.39. The van der Waals surface area contributed by atoms with E-state index in [4.69, 9.17) is 4.74 Å². The molecule has 0 heterocycles. The van der Waals surface area contributed by atoms with E-state index in [1.165, 1.54) is 0 Å². The normalized spacial score (nSPS) is 14.1. The van der Waals surface area contributed by atoms with Crippen LogP contribution < -0.4 is 4.74 Å². The molecule has 0 saturated heterocycles. The lowest BCUT2D eigenvalue weighted by atomic mass is 10.1. The Morgan fingerprint density at radius 2 is 2.17 bits per heavy atom. The molecule has 1 fully saturated rings. The van der Waals surface area contributed by atoms with Crippen LogP contribution in [0.1, 0.15) is 23.2 Å². The van der Waals surface area contributed by atoms with E-state index in [9.17, 15) is 19.3 Å². The summed E-state index contributed by atoms with van der Waals surface area (Å²) in [7, 11) is 1.10. The second kappa shape index (κ2) is 4.59. The Bertz CT molecular complexity index is 512. The summed E-state index contributed by atoms with van der Waals surface area (Å²) in [6, 6.07) is 1.68. The molecule has 96 valence electrons. The number of carbonyl (C=O) groups excluding carboxylic acids is 1. The average molecular weight is 255 g/mol. The standard InChI is InChI=1S/C11H10FNO5/c1-17-11(14)7-4-10(18-6-2-3-6)9(13(15)16)5-8(7)12/h4-6H,2-3H2,1H3. The highest BCUT2D eigenvalue weighted by Crippen LogP contribution is 2.35. The van der Waals surface area contributed by atoms with E-state index in [-0.39, 0.29) is 17.4 Å². The minimum absolute atomic E-state index is 0.0975. The van der Waals surface area contributed by atoms with Gasteiger partial charge in [0.15, 0.2) is 5.75 Å². The number of nitro groups is 1. The quantitative estimate of drug-likeness (QED) is 0.467. The molecule has 0 N–H and O–H groups in total. The van der Waals surface area contributed by atoms with Crippen LogP contribution in [0.5, 0.6) is 5.75 Å². The van der Waals surface area contributed by atoms with Crippen molar-refractivity contribution in [3.8, 4) is 5.75 Å². The predicted octanol–water partition coefficient (Wildman–Crippen LogP) is 2.06. The highest BCUT2D eigenvalue weighted by atomic mass is 19.1.